The molecule has 130 valence electrons. The van der Waals surface area contributed by atoms with Gasteiger partial charge in [-0.3, -0.25) is 4.79 Å². The smallest absolute Gasteiger partial charge is 0.319 e. The van der Waals surface area contributed by atoms with Crippen molar-refractivity contribution in [3.8, 4) is 0 Å². The molecule has 1 atom stereocenters. The summed E-state index contributed by atoms with van der Waals surface area (Å²) in [5.41, 5.74) is 2.85. The second-order valence-corrected chi connectivity index (χ2v) is 7.31. The summed E-state index contributed by atoms with van der Waals surface area (Å²) in [5.74, 6) is 0.393. The number of likely N-dealkylation sites (tertiary alicyclic amines) is 1. The fourth-order valence-electron chi connectivity index (χ4n) is 4.42. The first kappa shape index (κ1) is 16.8. The largest absolute Gasteiger partial charge is 0.359 e. The predicted molar refractivity (Wildman–Crippen MR) is 94.1 cm³/mol. The maximum atomic E-state index is 12.2. The summed E-state index contributed by atoms with van der Waals surface area (Å²) >= 11 is 0. The van der Waals surface area contributed by atoms with Crippen LogP contribution in [0.2, 0.25) is 0 Å². The average molecular weight is 329 g/mol. The highest BCUT2D eigenvalue weighted by atomic mass is 16.2. The molecule has 1 aromatic rings. The molecule has 0 unspecified atom stereocenters. The van der Waals surface area contributed by atoms with E-state index in [0.29, 0.717) is 6.42 Å². The first-order valence-electron chi connectivity index (χ1n) is 8.73. The predicted octanol–water partition coefficient (Wildman–Crippen LogP) is 2.33. The first-order valence-corrected chi connectivity index (χ1v) is 8.73. The maximum absolute atomic E-state index is 12.2. The summed E-state index contributed by atoms with van der Waals surface area (Å²) < 4.78 is 0. The molecule has 0 aromatic heterocycles. The highest BCUT2D eigenvalue weighted by Crippen LogP contribution is 2.52. The Labute approximate surface area is 144 Å². The molecule has 3 amide bonds. The van der Waals surface area contributed by atoms with Crippen LogP contribution in [-0.4, -0.2) is 56.0 Å². The van der Waals surface area contributed by atoms with Gasteiger partial charge in [0.2, 0.25) is 5.91 Å². The topological polar surface area (TPSA) is 52.7 Å². The van der Waals surface area contributed by atoms with Crippen LogP contribution in [0.15, 0.2) is 24.3 Å². The van der Waals surface area contributed by atoms with E-state index in [1.807, 2.05) is 4.90 Å². The Bertz CT molecular complexity index is 633. The van der Waals surface area contributed by atoms with Gasteiger partial charge in [0, 0.05) is 40.7 Å². The Morgan fingerprint density at radius 3 is 2.54 bits per heavy atom. The summed E-state index contributed by atoms with van der Waals surface area (Å²) in [6.45, 7) is 1.58. The maximum Gasteiger partial charge on any atom is 0.319 e. The normalized spacial score (nSPS) is 21.5. The van der Waals surface area contributed by atoms with Crippen LogP contribution < -0.4 is 5.32 Å². The van der Waals surface area contributed by atoms with E-state index in [4.69, 9.17) is 0 Å². The van der Waals surface area contributed by atoms with Crippen LogP contribution in [0.4, 0.5) is 4.79 Å². The van der Waals surface area contributed by atoms with Gasteiger partial charge in [-0.15, -0.1) is 0 Å². The summed E-state index contributed by atoms with van der Waals surface area (Å²) in [6.07, 6.45) is 3.53. The molecular weight excluding hydrogens is 302 g/mol. The highest BCUT2D eigenvalue weighted by Gasteiger charge is 2.46. The molecule has 1 spiro atoms. The van der Waals surface area contributed by atoms with Gasteiger partial charge in [-0.05, 0) is 41.7 Å². The van der Waals surface area contributed by atoms with Crippen LogP contribution in [0.25, 0.3) is 0 Å². The third kappa shape index (κ3) is 2.87. The Hall–Kier alpha value is -2.04. The minimum atomic E-state index is 0.0954. The van der Waals surface area contributed by atoms with Gasteiger partial charge in [0.1, 0.15) is 0 Å². The summed E-state index contributed by atoms with van der Waals surface area (Å²) in [7, 11) is 5.30. The highest BCUT2D eigenvalue weighted by molar-refractivity contribution is 5.77. The van der Waals surface area contributed by atoms with Crippen LogP contribution in [0.3, 0.4) is 0 Å². The van der Waals surface area contributed by atoms with Crippen molar-refractivity contribution in [2.45, 2.75) is 37.0 Å². The minimum absolute atomic E-state index is 0.0954. The van der Waals surface area contributed by atoms with E-state index in [1.54, 1.807) is 26.0 Å². The number of nitrogens with zero attached hydrogens (tertiary/aromatic N) is 2. The van der Waals surface area contributed by atoms with E-state index in [0.717, 1.165) is 32.4 Å². The number of benzene rings is 1. The fourth-order valence-corrected chi connectivity index (χ4v) is 4.42. The van der Waals surface area contributed by atoms with Gasteiger partial charge in [0.15, 0.2) is 0 Å². The van der Waals surface area contributed by atoms with Crippen molar-refractivity contribution in [3.05, 3.63) is 35.4 Å². The lowest BCUT2D eigenvalue weighted by atomic mass is 9.73. The number of amides is 3. The molecule has 0 radical (unpaired) electrons. The van der Waals surface area contributed by atoms with E-state index in [2.05, 4.69) is 29.6 Å². The van der Waals surface area contributed by atoms with E-state index < -0.39 is 0 Å². The van der Waals surface area contributed by atoms with Crippen molar-refractivity contribution in [2.24, 2.45) is 0 Å². The summed E-state index contributed by atoms with van der Waals surface area (Å²) in [6, 6.07) is 8.66. The van der Waals surface area contributed by atoms with Gasteiger partial charge < -0.3 is 15.1 Å². The summed E-state index contributed by atoms with van der Waals surface area (Å²) in [4.78, 5) is 27.7. The monoisotopic (exact) mass is 329 g/mol. The third-order valence-electron chi connectivity index (χ3n) is 5.69. The molecule has 1 N–H and O–H groups in total. The molecule has 1 aliphatic heterocycles. The lowest BCUT2D eigenvalue weighted by Gasteiger charge is -2.41. The quantitative estimate of drug-likeness (QED) is 0.905. The van der Waals surface area contributed by atoms with Crippen LogP contribution in [-0.2, 0) is 10.2 Å². The number of hydrogen-bond acceptors (Lipinski definition) is 2. The summed E-state index contributed by atoms with van der Waals surface area (Å²) in [5, 5.41) is 2.75. The van der Waals surface area contributed by atoms with Crippen molar-refractivity contribution < 1.29 is 9.59 Å². The van der Waals surface area contributed by atoms with E-state index in [-0.39, 0.29) is 23.3 Å². The van der Waals surface area contributed by atoms with Crippen molar-refractivity contribution in [1.82, 2.24) is 15.1 Å². The molecule has 0 bridgehead atoms. The zero-order valence-corrected chi connectivity index (χ0v) is 14.8. The number of fused-ring (bicyclic) bond motifs is 2. The Morgan fingerprint density at radius 2 is 1.92 bits per heavy atom. The van der Waals surface area contributed by atoms with Crippen LogP contribution >= 0.6 is 0 Å². The zero-order valence-electron chi connectivity index (χ0n) is 14.8. The number of carbonyl (C=O) groups is 2. The van der Waals surface area contributed by atoms with Gasteiger partial charge in [-0.25, -0.2) is 4.79 Å². The molecule has 24 heavy (non-hydrogen) atoms. The molecule has 5 nitrogen and oxygen atoms in total. The molecular formula is C19H27N3O2. The average Bonchev–Trinajstić information content (AvgIpc) is 2.88. The molecule has 0 saturated carbocycles. The molecule has 1 aromatic carbocycles. The number of nitrogens with one attached hydrogen (secondary N) is 1. The molecule has 1 fully saturated rings. The minimum Gasteiger partial charge on any atom is -0.359 e. The Balaban J connectivity index is 1.80. The van der Waals surface area contributed by atoms with Crippen molar-refractivity contribution in [3.63, 3.8) is 0 Å². The van der Waals surface area contributed by atoms with Gasteiger partial charge in [0.05, 0.1) is 0 Å². The second kappa shape index (κ2) is 6.46. The number of urea groups is 1. The lowest BCUT2D eigenvalue weighted by molar-refractivity contribution is -0.121. The number of rotatable bonds is 2. The molecule has 5 heteroatoms. The van der Waals surface area contributed by atoms with Crippen molar-refractivity contribution in [2.75, 3.05) is 34.2 Å². The fraction of sp³-hybridized carbons (Fsp3) is 0.579. The van der Waals surface area contributed by atoms with Gasteiger partial charge >= 0.3 is 6.03 Å². The van der Waals surface area contributed by atoms with Crippen LogP contribution in [0, 0.1) is 0 Å². The third-order valence-corrected chi connectivity index (χ3v) is 5.69. The van der Waals surface area contributed by atoms with Crippen LogP contribution in [0.1, 0.15) is 42.7 Å². The molecule has 1 saturated heterocycles. The van der Waals surface area contributed by atoms with Crippen LogP contribution in [0.5, 0.6) is 0 Å². The number of piperidine rings is 1. The number of hydrogen-bond donors (Lipinski definition) is 1. The Kier molecular flexibility index (Phi) is 4.52. The van der Waals surface area contributed by atoms with E-state index >= 15 is 0 Å². The standard InChI is InChI=1S/C19H27N3O2/c1-20-17(23)12-14-13-19(16-7-5-4-6-15(14)16)8-10-22(11-9-19)18(24)21(2)3/h4-7,14H,8-13H2,1-3H3,(H,20,23)/t14-/m0/s1. The van der Waals surface area contributed by atoms with Crippen molar-refractivity contribution >= 4 is 11.9 Å². The zero-order chi connectivity index (χ0) is 17.3. The lowest BCUT2D eigenvalue weighted by Crippen LogP contribution is -2.47. The van der Waals surface area contributed by atoms with Gasteiger partial charge in [-0.2, -0.15) is 0 Å². The van der Waals surface area contributed by atoms with Gasteiger partial charge in [0.25, 0.3) is 0 Å². The molecule has 1 aliphatic carbocycles. The SMILES string of the molecule is CNC(=O)C[C@H]1CC2(CCN(C(=O)N(C)C)CC2)c2ccccc21. The van der Waals surface area contributed by atoms with E-state index in [1.165, 1.54) is 11.1 Å². The van der Waals surface area contributed by atoms with E-state index in [9.17, 15) is 9.59 Å². The first-order chi connectivity index (χ1) is 11.5. The molecule has 1 heterocycles. The number of carbonyl (C=O) groups excluding carboxylic acids is 2. The molecule has 3 rings (SSSR count). The van der Waals surface area contributed by atoms with Crippen molar-refractivity contribution in [1.29, 1.82) is 0 Å². The van der Waals surface area contributed by atoms with Gasteiger partial charge in [-0.1, -0.05) is 24.3 Å². The Morgan fingerprint density at radius 1 is 1.25 bits per heavy atom. The molecule has 2 aliphatic rings. The second-order valence-electron chi connectivity index (χ2n) is 7.31.